The van der Waals surface area contributed by atoms with Crippen molar-refractivity contribution in [3.63, 3.8) is 0 Å². The van der Waals surface area contributed by atoms with E-state index < -0.39 is 4.92 Å². The molecule has 1 rings (SSSR count). The summed E-state index contributed by atoms with van der Waals surface area (Å²) < 4.78 is 0. The molecule has 74 valence electrons. The van der Waals surface area contributed by atoms with Crippen molar-refractivity contribution in [2.45, 2.75) is 0 Å². The van der Waals surface area contributed by atoms with Crippen LogP contribution < -0.4 is 16.6 Å². The largest absolute Gasteiger partial charge is 0.335 e. The molecule has 4 N–H and O–H groups in total. The van der Waals surface area contributed by atoms with Gasteiger partial charge in [0, 0.05) is 6.20 Å². The van der Waals surface area contributed by atoms with Crippen molar-refractivity contribution in [1.29, 1.82) is 0 Å². The fourth-order valence-corrected chi connectivity index (χ4v) is 0.803. The lowest BCUT2D eigenvalue weighted by molar-refractivity contribution is -0.403. The number of rotatable bonds is 4. The summed E-state index contributed by atoms with van der Waals surface area (Å²) in [4.78, 5) is 13.3. The highest BCUT2D eigenvalue weighted by atomic mass is 16.6. The average molecular weight is 195 g/mol. The normalized spacial score (nSPS) is 10.8. The molecule has 1 aromatic rings. The Morgan fingerprint density at radius 3 is 3.00 bits per heavy atom. The first-order valence-electron chi connectivity index (χ1n) is 3.71. The number of nitrogens with one attached hydrogen (secondary N) is 2. The third-order valence-electron chi connectivity index (χ3n) is 1.33. The number of hydrogen-bond donors (Lipinski definition) is 3. The van der Waals surface area contributed by atoms with E-state index in [1.165, 1.54) is 6.20 Å². The fraction of sp³-hybridized carbons (Fsp3) is 0. The van der Waals surface area contributed by atoms with Crippen molar-refractivity contribution in [2.75, 3.05) is 5.32 Å². The molecule has 0 aliphatic carbocycles. The lowest BCUT2D eigenvalue weighted by Crippen LogP contribution is -2.27. The molecule has 0 unspecified atom stereocenters. The molecule has 7 heteroatoms. The van der Waals surface area contributed by atoms with Crippen LogP contribution in [-0.2, 0) is 0 Å². The van der Waals surface area contributed by atoms with Gasteiger partial charge in [0.05, 0.1) is 16.8 Å². The highest BCUT2D eigenvalue weighted by Gasteiger charge is 2.00. The van der Waals surface area contributed by atoms with Crippen LogP contribution in [0.5, 0.6) is 0 Å². The summed E-state index contributed by atoms with van der Waals surface area (Å²) >= 11 is 0. The van der Waals surface area contributed by atoms with E-state index in [-0.39, 0.29) is 5.82 Å². The summed E-state index contributed by atoms with van der Waals surface area (Å²) in [6.45, 7) is 0. The minimum absolute atomic E-state index is 0.0861. The lowest BCUT2D eigenvalue weighted by Gasteiger charge is -2.06. The van der Waals surface area contributed by atoms with Crippen molar-refractivity contribution in [3.05, 3.63) is 46.7 Å². The number of nitrogens with two attached hydrogens (primary N) is 1. The number of anilines is 1. The Kier molecular flexibility index (Phi) is 3.39. The number of hydrogen-bond acceptors (Lipinski definition) is 6. The molecule has 1 aromatic heterocycles. The zero-order valence-electron chi connectivity index (χ0n) is 7.18. The Morgan fingerprint density at radius 1 is 1.71 bits per heavy atom. The second-order valence-corrected chi connectivity index (χ2v) is 2.34. The fourth-order valence-electron chi connectivity index (χ4n) is 0.803. The van der Waals surface area contributed by atoms with Crippen LogP contribution in [0.1, 0.15) is 0 Å². The quantitative estimate of drug-likeness (QED) is 0.355. The van der Waals surface area contributed by atoms with Crippen LogP contribution in [0.15, 0.2) is 36.5 Å². The predicted octanol–water partition coefficient (Wildman–Crippen LogP) is 0.0324. The van der Waals surface area contributed by atoms with Gasteiger partial charge in [0.15, 0.2) is 5.82 Å². The third-order valence-corrected chi connectivity index (χ3v) is 1.33. The van der Waals surface area contributed by atoms with Crippen LogP contribution in [-0.4, -0.2) is 9.91 Å². The molecule has 0 radical (unpaired) electrons. The molecular weight excluding hydrogens is 186 g/mol. The summed E-state index contributed by atoms with van der Waals surface area (Å²) in [7, 11) is 0. The minimum Gasteiger partial charge on any atom is -0.335 e. The molecule has 0 saturated heterocycles. The highest BCUT2D eigenvalue weighted by molar-refractivity contribution is 5.44. The van der Waals surface area contributed by atoms with Gasteiger partial charge in [-0.15, -0.1) is 0 Å². The number of pyridine rings is 1. The molecule has 0 amide bonds. The lowest BCUT2D eigenvalue weighted by atomic mass is 10.4. The SMILES string of the molecule is NNC(=C[N+](=O)[O-])Nc1cccnc1. The number of nitrogens with zero attached hydrogens (tertiary/aromatic N) is 2. The standard InChI is InChI=1S/C7H9N5O2/c8-11-7(5-12(13)14)10-6-2-1-3-9-4-6/h1-5,10-11H,8H2. The van der Waals surface area contributed by atoms with Crippen LogP contribution in [0.2, 0.25) is 0 Å². The maximum absolute atomic E-state index is 10.1. The van der Waals surface area contributed by atoms with E-state index in [2.05, 4.69) is 15.7 Å². The van der Waals surface area contributed by atoms with E-state index in [4.69, 9.17) is 5.84 Å². The predicted molar refractivity (Wildman–Crippen MR) is 50.3 cm³/mol. The first kappa shape index (κ1) is 9.93. The van der Waals surface area contributed by atoms with Gasteiger partial charge in [-0.25, -0.2) is 5.84 Å². The number of aromatic nitrogens is 1. The highest BCUT2D eigenvalue weighted by Crippen LogP contribution is 2.04. The molecule has 7 nitrogen and oxygen atoms in total. The Morgan fingerprint density at radius 2 is 2.50 bits per heavy atom. The van der Waals surface area contributed by atoms with Gasteiger partial charge in [-0.05, 0) is 12.1 Å². The molecule has 0 spiro atoms. The average Bonchev–Trinajstić information content (AvgIpc) is 2.17. The Bertz CT molecular complexity index is 337. The summed E-state index contributed by atoms with van der Waals surface area (Å²) in [6, 6.07) is 3.40. The van der Waals surface area contributed by atoms with Gasteiger partial charge < -0.3 is 10.7 Å². The third kappa shape index (κ3) is 3.07. The zero-order chi connectivity index (χ0) is 10.4. The van der Waals surface area contributed by atoms with E-state index in [1.54, 1.807) is 18.3 Å². The van der Waals surface area contributed by atoms with E-state index in [1.807, 2.05) is 0 Å². The first-order valence-corrected chi connectivity index (χ1v) is 3.71. The van der Waals surface area contributed by atoms with Crippen LogP contribution >= 0.6 is 0 Å². The van der Waals surface area contributed by atoms with Crippen LogP contribution in [0, 0.1) is 10.1 Å². The Labute approximate surface area is 79.8 Å². The molecule has 0 aliphatic rings. The number of hydrazine groups is 1. The first-order chi connectivity index (χ1) is 6.72. The van der Waals surface area contributed by atoms with Gasteiger partial charge in [-0.2, -0.15) is 0 Å². The van der Waals surface area contributed by atoms with Crippen molar-refractivity contribution >= 4 is 5.69 Å². The van der Waals surface area contributed by atoms with Crippen LogP contribution in [0.25, 0.3) is 0 Å². The molecule has 0 bridgehead atoms. The smallest absolute Gasteiger partial charge is 0.275 e. The van der Waals surface area contributed by atoms with Crippen LogP contribution in [0.4, 0.5) is 5.69 Å². The second kappa shape index (κ2) is 4.77. The van der Waals surface area contributed by atoms with Crippen molar-refractivity contribution in [3.8, 4) is 0 Å². The van der Waals surface area contributed by atoms with Crippen molar-refractivity contribution in [2.24, 2.45) is 5.84 Å². The van der Waals surface area contributed by atoms with Crippen molar-refractivity contribution in [1.82, 2.24) is 10.4 Å². The van der Waals surface area contributed by atoms with Crippen LogP contribution in [0.3, 0.4) is 0 Å². The van der Waals surface area contributed by atoms with Gasteiger partial charge >= 0.3 is 0 Å². The Balaban J connectivity index is 2.71. The van der Waals surface area contributed by atoms with E-state index in [0.717, 1.165) is 6.20 Å². The molecule has 0 aromatic carbocycles. The van der Waals surface area contributed by atoms with Gasteiger partial charge in [-0.3, -0.25) is 15.1 Å². The van der Waals surface area contributed by atoms with Gasteiger partial charge in [-0.1, -0.05) is 0 Å². The maximum atomic E-state index is 10.1. The zero-order valence-corrected chi connectivity index (χ0v) is 7.18. The van der Waals surface area contributed by atoms with E-state index >= 15 is 0 Å². The summed E-state index contributed by atoms with van der Waals surface area (Å²) in [5, 5.41) is 12.8. The van der Waals surface area contributed by atoms with Crippen molar-refractivity contribution < 1.29 is 4.92 Å². The summed E-state index contributed by atoms with van der Waals surface area (Å²) in [6.07, 6.45) is 3.84. The van der Waals surface area contributed by atoms with Gasteiger partial charge in [0.25, 0.3) is 6.20 Å². The van der Waals surface area contributed by atoms with E-state index in [0.29, 0.717) is 5.69 Å². The summed E-state index contributed by atoms with van der Waals surface area (Å²) in [5.74, 6) is 5.15. The molecule has 0 aliphatic heterocycles. The van der Waals surface area contributed by atoms with E-state index in [9.17, 15) is 10.1 Å². The molecule has 0 saturated carbocycles. The molecule has 14 heavy (non-hydrogen) atoms. The maximum Gasteiger partial charge on any atom is 0.275 e. The molecular formula is C7H9N5O2. The molecule has 1 heterocycles. The monoisotopic (exact) mass is 195 g/mol. The molecule has 0 atom stereocenters. The second-order valence-electron chi connectivity index (χ2n) is 2.34. The topological polar surface area (TPSA) is 106 Å². The molecule has 0 fully saturated rings. The summed E-state index contributed by atoms with van der Waals surface area (Å²) in [5.41, 5.74) is 2.77. The number of nitro groups is 1. The minimum atomic E-state index is -0.613. The Hall–Kier alpha value is -2.15. The van der Waals surface area contributed by atoms with Gasteiger partial charge in [0.1, 0.15) is 0 Å². The van der Waals surface area contributed by atoms with Gasteiger partial charge in [0.2, 0.25) is 0 Å².